The first kappa shape index (κ1) is 24.1. The zero-order chi connectivity index (χ0) is 25.0. The second kappa shape index (κ2) is 8.83. The van der Waals surface area contributed by atoms with Crippen LogP contribution >= 0.6 is 0 Å². The fourth-order valence-electron chi connectivity index (χ4n) is 7.91. The van der Waals surface area contributed by atoms with Gasteiger partial charge in [-0.1, -0.05) is 31.6 Å². The van der Waals surface area contributed by atoms with E-state index in [1.165, 1.54) is 12.5 Å². The van der Waals surface area contributed by atoms with Crippen LogP contribution in [0.4, 0.5) is 0 Å². The van der Waals surface area contributed by atoms with Gasteiger partial charge in [-0.25, -0.2) is 0 Å². The van der Waals surface area contributed by atoms with Crippen molar-refractivity contribution in [2.24, 2.45) is 28.6 Å². The average Bonchev–Trinajstić information content (AvgIpc) is 3.09. The molecule has 0 amide bonds. The van der Waals surface area contributed by atoms with Gasteiger partial charge in [-0.15, -0.1) is 0 Å². The van der Waals surface area contributed by atoms with Gasteiger partial charge in [0.05, 0.1) is 14.2 Å². The van der Waals surface area contributed by atoms with Gasteiger partial charge in [0, 0.05) is 18.8 Å². The lowest BCUT2D eigenvalue weighted by Crippen LogP contribution is -2.50. The fraction of sp³-hybridized carbons (Fsp3) is 0.600. The van der Waals surface area contributed by atoms with Crippen molar-refractivity contribution in [3.63, 3.8) is 0 Å². The molecule has 0 aromatic heterocycles. The van der Waals surface area contributed by atoms with Gasteiger partial charge in [0.15, 0.2) is 17.3 Å². The lowest BCUT2D eigenvalue weighted by atomic mass is 9.48. The van der Waals surface area contributed by atoms with E-state index in [0.717, 1.165) is 56.1 Å². The molecular weight excluding hydrogens is 440 g/mol. The number of fused-ring (bicyclic) bond motifs is 5. The third kappa shape index (κ3) is 3.91. The van der Waals surface area contributed by atoms with Crippen molar-refractivity contribution in [3.8, 4) is 11.5 Å². The topological polar surface area (TPSA) is 61.8 Å². The summed E-state index contributed by atoms with van der Waals surface area (Å²) in [4.78, 5) is 25.2. The summed E-state index contributed by atoms with van der Waals surface area (Å²) in [5.74, 6) is 3.01. The summed E-state index contributed by atoms with van der Waals surface area (Å²) in [5, 5.41) is 0. The number of methoxy groups -OCH3 is 2. The maximum Gasteiger partial charge on any atom is 0.302 e. The number of ether oxygens (including phenoxy) is 3. The molecule has 0 heterocycles. The van der Waals surface area contributed by atoms with Gasteiger partial charge in [-0.2, -0.15) is 0 Å². The van der Waals surface area contributed by atoms with E-state index < -0.39 is 0 Å². The van der Waals surface area contributed by atoms with Crippen molar-refractivity contribution in [3.05, 3.63) is 41.0 Å². The minimum atomic E-state index is -0.278. The van der Waals surface area contributed by atoms with Crippen molar-refractivity contribution in [1.82, 2.24) is 0 Å². The lowest BCUT2D eigenvalue weighted by Gasteiger charge is -2.56. The second-order valence-electron chi connectivity index (χ2n) is 11.5. The molecule has 0 unspecified atom stereocenters. The molecule has 5 rings (SSSR count). The molecule has 188 valence electrons. The molecule has 0 N–H and O–H groups in total. The van der Waals surface area contributed by atoms with E-state index in [4.69, 9.17) is 14.2 Å². The van der Waals surface area contributed by atoms with Gasteiger partial charge in [0.25, 0.3) is 0 Å². The van der Waals surface area contributed by atoms with E-state index in [-0.39, 0.29) is 22.9 Å². The van der Waals surface area contributed by atoms with Crippen LogP contribution < -0.4 is 9.47 Å². The minimum absolute atomic E-state index is 0.0151. The summed E-state index contributed by atoms with van der Waals surface area (Å²) in [6.07, 6.45) is 11.3. The molecule has 0 aliphatic heterocycles. The van der Waals surface area contributed by atoms with Crippen LogP contribution in [0.2, 0.25) is 0 Å². The van der Waals surface area contributed by atoms with Crippen molar-refractivity contribution in [1.29, 1.82) is 0 Å². The number of allylic oxidation sites excluding steroid dienone is 2. The van der Waals surface area contributed by atoms with Crippen LogP contribution in [0.15, 0.2) is 35.4 Å². The van der Waals surface area contributed by atoms with Crippen LogP contribution in [-0.4, -0.2) is 32.1 Å². The Kier molecular flexibility index (Phi) is 6.09. The molecule has 1 aromatic rings. The molecule has 0 saturated heterocycles. The zero-order valence-electron chi connectivity index (χ0n) is 21.7. The Labute approximate surface area is 208 Å². The number of carbonyl (C=O) groups excluding carboxylic acids is 2. The Balaban J connectivity index is 1.41. The Hall–Kier alpha value is -2.56. The van der Waals surface area contributed by atoms with E-state index in [1.807, 2.05) is 18.2 Å². The fourth-order valence-corrected chi connectivity index (χ4v) is 7.91. The minimum Gasteiger partial charge on any atom is -0.493 e. The quantitative estimate of drug-likeness (QED) is 0.295. The maximum absolute atomic E-state index is 13.7. The number of rotatable bonds is 4. The van der Waals surface area contributed by atoms with Gasteiger partial charge < -0.3 is 14.2 Å². The summed E-state index contributed by atoms with van der Waals surface area (Å²) < 4.78 is 16.4. The first-order valence-electron chi connectivity index (χ1n) is 13.0. The SMILES string of the molecule is COc1ccc(C=C2C[C@H]3[C@@H]4CC=C5C[C@@H](OC(C)=O)CC[C@]5(C)[C@H]4CC[C@]3(C)C2=O)cc1OC. The first-order valence-corrected chi connectivity index (χ1v) is 13.0. The highest BCUT2D eigenvalue weighted by Gasteiger charge is 2.60. The smallest absolute Gasteiger partial charge is 0.302 e. The molecule has 0 spiro atoms. The van der Waals surface area contributed by atoms with E-state index in [0.29, 0.717) is 35.0 Å². The maximum atomic E-state index is 13.7. The summed E-state index contributed by atoms with van der Waals surface area (Å²) in [6.45, 7) is 6.15. The third-order valence-electron chi connectivity index (χ3n) is 9.78. The highest BCUT2D eigenvalue weighted by Crippen LogP contribution is 2.64. The van der Waals surface area contributed by atoms with Crippen molar-refractivity contribution < 1.29 is 23.8 Å². The number of carbonyl (C=O) groups is 2. The average molecular weight is 479 g/mol. The Morgan fingerprint density at radius 2 is 1.74 bits per heavy atom. The normalized spacial score (nSPS) is 37.1. The molecular formula is C30H38O5. The number of esters is 1. The third-order valence-corrected chi connectivity index (χ3v) is 9.78. The summed E-state index contributed by atoms with van der Waals surface area (Å²) >= 11 is 0. The number of hydrogen-bond donors (Lipinski definition) is 0. The number of ketones is 1. The van der Waals surface area contributed by atoms with Crippen LogP contribution in [-0.2, 0) is 14.3 Å². The van der Waals surface area contributed by atoms with Crippen LogP contribution in [0.25, 0.3) is 6.08 Å². The molecule has 5 heteroatoms. The Morgan fingerprint density at radius 1 is 1.00 bits per heavy atom. The van der Waals surface area contributed by atoms with Crippen molar-refractivity contribution in [2.45, 2.75) is 71.8 Å². The highest BCUT2D eigenvalue weighted by atomic mass is 16.5. The molecule has 3 fully saturated rings. The second-order valence-corrected chi connectivity index (χ2v) is 11.5. The number of benzene rings is 1. The largest absolute Gasteiger partial charge is 0.493 e. The van der Waals surface area contributed by atoms with E-state index in [2.05, 4.69) is 26.0 Å². The molecule has 6 atom stereocenters. The van der Waals surface area contributed by atoms with E-state index in [1.54, 1.807) is 14.2 Å². The number of hydrogen-bond acceptors (Lipinski definition) is 5. The van der Waals surface area contributed by atoms with Gasteiger partial charge in [-0.05, 0) is 91.0 Å². The van der Waals surface area contributed by atoms with E-state index >= 15 is 0 Å². The zero-order valence-corrected chi connectivity index (χ0v) is 21.7. The molecule has 5 nitrogen and oxygen atoms in total. The predicted octanol–water partition coefficient (Wildman–Crippen LogP) is 6.16. The lowest BCUT2D eigenvalue weighted by molar-refractivity contribution is -0.148. The Morgan fingerprint density at radius 3 is 2.46 bits per heavy atom. The molecule has 0 bridgehead atoms. The first-order chi connectivity index (χ1) is 16.7. The number of Topliss-reactive ketones (excluding diaryl/α,β-unsaturated/α-hetero) is 1. The molecule has 35 heavy (non-hydrogen) atoms. The molecule has 0 radical (unpaired) electrons. The van der Waals surface area contributed by atoms with Crippen LogP contribution in [0.1, 0.15) is 71.3 Å². The van der Waals surface area contributed by atoms with Gasteiger partial charge in [0.1, 0.15) is 6.10 Å². The van der Waals surface area contributed by atoms with Crippen LogP contribution in [0.5, 0.6) is 11.5 Å². The standard InChI is InChI=1S/C30H38O5/c1-18(31)35-22-10-12-29(2)21(17-22)7-8-23-24(29)11-13-30(3)25(23)16-20(28(30)32)14-19-6-9-26(33-4)27(15-19)34-5/h6-7,9,14-15,22-25H,8,10-13,16-17H2,1-5H3/t22-,23+,24-,25-,29-,30-/m0/s1. The monoisotopic (exact) mass is 478 g/mol. The molecule has 4 aliphatic rings. The molecule has 3 saturated carbocycles. The van der Waals surface area contributed by atoms with Crippen LogP contribution in [0, 0.1) is 28.6 Å². The van der Waals surface area contributed by atoms with Gasteiger partial charge >= 0.3 is 5.97 Å². The van der Waals surface area contributed by atoms with E-state index in [9.17, 15) is 9.59 Å². The van der Waals surface area contributed by atoms with Gasteiger partial charge in [0.2, 0.25) is 0 Å². The molecule has 4 aliphatic carbocycles. The summed E-state index contributed by atoms with van der Waals surface area (Å²) in [7, 11) is 3.27. The highest BCUT2D eigenvalue weighted by molar-refractivity contribution is 6.06. The van der Waals surface area contributed by atoms with Crippen molar-refractivity contribution in [2.75, 3.05) is 14.2 Å². The summed E-state index contributed by atoms with van der Waals surface area (Å²) in [5.41, 5.74) is 3.28. The summed E-state index contributed by atoms with van der Waals surface area (Å²) in [6, 6.07) is 5.84. The Bertz CT molecular complexity index is 1100. The molecule has 1 aromatic carbocycles. The van der Waals surface area contributed by atoms with Crippen molar-refractivity contribution >= 4 is 17.8 Å². The van der Waals surface area contributed by atoms with Crippen LogP contribution in [0.3, 0.4) is 0 Å². The predicted molar refractivity (Wildman–Crippen MR) is 135 cm³/mol. The van der Waals surface area contributed by atoms with Gasteiger partial charge in [-0.3, -0.25) is 9.59 Å².